The first-order valence-electron chi connectivity index (χ1n) is 11.7. The predicted octanol–water partition coefficient (Wildman–Crippen LogP) is 3.66. The van der Waals surface area contributed by atoms with Crippen molar-refractivity contribution in [3.8, 4) is 17.1 Å². The lowest BCUT2D eigenvalue weighted by Crippen LogP contribution is -2.43. The summed E-state index contributed by atoms with van der Waals surface area (Å²) in [6.07, 6.45) is 0.791. The first kappa shape index (κ1) is 26.3. The molecular formula is C26H33N5O3S. The summed E-state index contributed by atoms with van der Waals surface area (Å²) in [5.74, 6) is 1.29. The van der Waals surface area contributed by atoms with Gasteiger partial charge in [-0.3, -0.25) is 9.59 Å². The van der Waals surface area contributed by atoms with Crippen LogP contribution in [0.1, 0.15) is 26.3 Å². The van der Waals surface area contributed by atoms with E-state index in [9.17, 15) is 9.59 Å². The molecule has 0 atom stereocenters. The number of aromatic nitrogens is 3. The van der Waals surface area contributed by atoms with Crippen LogP contribution in [0.3, 0.4) is 0 Å². The van der Waals surface area contributed by atoms with E-state index in [2.05, 4.69) is 27.6 Å². The fourth-order valence-corrected chi connectivity index (χ4v) is 4.51. The molecule has 0 saturated carbocycles. The van der Waals surface area contributed by atoms with Crippen molar-refractivity contribution in [1.29, 1.82) is 0 Å². The largest absolute Gasteiger partial charge is 0.496 e. The van der Waals surface area contributed by atoms with Gasteiger partial charge >= 0.3 is 0 Å². The molecule has 2 amide bonds. The molecule has 0 aliphatic rings. The lowest BCUT2D eigenvalue weighted by molar-refractivity contribution is -0.134. The highest BCUT2D eigenvalue weighted by Gasteiger charge is 2.21. The second kappa shape index (κ2) is 12.9. The van der Waals surface area contributed by atoms with E-state index in [-0.39, 0.29) is 30.2 Å². The molecule has 0 unspecified atom stereocenters. The monoisotopic (exact) mass is 495 g/mol. The highest BCUT2D eigenvalue weighted by Crippen LogP contribution is 2.31. The van der Waals surface area contributed by atoms with Crippen LogP contribution in [0.2, 0.25) is 0 Å². The van der Waals surface area contributed by atoms with E-state index in [1.54, 1.807) is 12.0 Å². The van der Waals surface area contributed by atoms with Crippen LogP contribution in [0, 0.1) is 0 Å². The second-order valence-electron chi connectivity index (χ2n) is 8.31. The molecule has 186 valence electrons. The van der Waals surface area contributed by atoms with Crippen molar-refractivity contribution in [2.45, 2.75) is 44.9 Å². The van der Waals surface area contributed by atoms with Gasteiger partial charge in [0.2, 0.25) is 11.8 Å². The smallest absolute Gasteiger partial charge is 0.239 e. The van der Waals surface area contributed by atoms with Gasteiger partial charge in [-0.25, -0.2) is 0 Å². The Morgan fingerprint density at radius 3 is 2.49 bits per heavy atom. The number of thioether (sulfide) groups is 1. The number of nitrogens with zero attached hydrogens (tertiary/aromatic N) is 4. The van der Waals surface area contributed by atoms with Crippen molar-refractivity contribution in [2.75, 3.05) is 26.0 Å². The summed E-state index contributed by atoms with van der Waals surface area (Å²) < 4.78 is 7.58. The van der Waals surface area contributed by atoms with Gasteiger partial charge in [-0.15, -0.1) is 10.2 Å². The Labute approximate surface area is 211 Å². The summed E-state index contributed by atoms with van der Waals surface area (Å²) >= 11 is 1.33. The van der Waals surface area contributed by atoms with Crippen LogP contribution in [0.15, 0.2) is 59.8 Å². The predicted molar refractivity (Wildman–Crippen MR) is 138 cm³/mol. The van der Waals surface area contributed by atoms with Crippen LogP contribution < -0.4 is 10.1 Å². The zero-order chi connectivity index (χ0) is 25.2. The third-order valence-electron chi connectivity index (χ3n) is 5.37. The van der Waals surface area contributed by atoms with Crippen LogP contribution in [-0.4, -0.2) is 63.5 Å². The fraction of sp³-hybridized carbons (Fsp3) is 0.385. The van der Waals surface area contributed by atoms with Gasteiger partial charge in [-0.1, -0.05) is 54.2 Å². The standard InChI is InChI=1S/C26H33N5O3S/c1-5-30(17-23(32)27-19(2)3)24(33)18-35-26-29-28-25(21-13-9-10-14-22(21)34-4)31(26)16-15-20-11-7-6-8-12-20/h6-14,19H,5,15-18H2,1-4H3,(H,27,32). The molecular weight excluding hydrogens is 462 g/mol. The van der Waals surface area contributed by atoms with Crippen LogP contribution in [0.5, 0.6) is 5.75 Å². The Morgan fingerprint density at radius 2 is 1.80 bits per heavy atom. The number of hydrogen-bond acceptors (Lipinski definition) is 6. The van der Waals surface area contributed by atoms with Crippen LogP contribution in [0.4, 0.5) is 0 Å². The highest BCUT2D eigenvalue weighted by molar-refractivity contribution is 7.99. The maximum absolute atomic E-state index is 12.9. The highest BCUT2D eigenvalue weighted by atomic mass is 32.2. The van der Waals surface area contributed by atoms with Gasteiger partial charge in [0.15, 0.2) is 11.0 Å². The summed E-state index contributed by atoms with van der Waals surface area (Å²) in [7, 11) is 1.63. The maximum Gasteiger partial charge on any atom is 0.239 e. The van der Waals surface area contributed by atoms with Crippen molar-refractivity contribution in [3.05, 3.63) is 60.2 Å². The SMILES string of the molecule is CCN(CC(=O)NC(C)C)C(=O)CSc1nnc(-c2ccccc2OC)n1CCc1ccccc1. The number of nitrogens with one attached hydrogen (secondary N) is 1. The number of methoxy groups -OCH3 is 1. The molecule has 0 aliphatic heterocycles. The molecule has 3 aromatic rings. The van der Waals surface area contributed by atoms with E-state index in [4.69, 9.17) is 4.74 Å². The number of carbonyl (C=O) groups excluding carboxylic acids is 2. The Balaban J connectivity index is 1.79. The van der Waals surface area contributed by atoms with E-state index in [1.165, 1.54) is 17.3 Å². The van der Waals surface area contributed by atoms with Crippen molar-refractivity contribution < 1.29 is 14.3 Å². The summed E-state index contributed by atoms with van der Waals surface area (Å²) in [4.78, 5) is 26.6. The van der Waals surface area contributed by atoms with Crippen LogP contribution in [0.25, 0.3) is 11.4 Å². The van der Waals surface area contributed by atoms with E-state index in [1.807, 2.05) is 67.8 Å². The number of carbonyl (C=O) groups is 2. The number of hydrogen-bond donors (Lipinski definition) is 1. The zero-order valence-corrected chi connectivity index (χ0v) is 21.5. The Bertz CT molecular complexity index is 1120. The average molecular weight is 496 g/mol. The van der Waals surface area contributed by atoms with Gasteiger partial charge in [0.1, 0.15) is 5.75 Å². The van der Waals surface area contributed by atoms with E-state index >= 15 is 0 Å². The summed E-state index contributed by atoms with van der Waals surface area (Å²) in [5, 5.41) is 12.3. The number of amides is 2. The Morgan fingerprint density at radius 1 is 1.09 bits per heavy atom. The minimum Gasteiger partial charge on any atom is -0.496 e. The van der Waals surface area contributed by atoms with Crippen molar-refractivity contribution in [1.82, 2.24) is 25.0 Å². The molecule has 0 spiro atoms. The first-order valence-corrected chi connectivity index (χ1v) is 12.7. The van der Waals surface area contributed by atoms with E-state index in [0.29, 0.717) is 29.8 Å². The van der Waals surface area contributed by atoms with Crippen LogP contribution >= 0.6 is 11.8 Å². The zero-order valence-electron chi connectivity index (χ0n) is 20.7. The van der Waals surface area contributed by atoms with Crippen molar-refractivity contribution in [2.24, 2.45) is 0 Å². The average Bonchev–Trinajstić information content (AvgIpc) is 3.27. The normalized spacial score (nSPS) is 10.9. The van der Waals surface area contributed by atoms with E-state index < -0.39 is 0 Å². The number of aryl methyl sites for hydroxylation is 1. The molecule has 1 aromatic heterocycles. The third-order valence-corrected chi connectivity index (χ3v) is 6.33. The lowest BCUT2D eigenvalue weighted by atomic mass is 10.1. The van der Waals surface area contributed by atoms with Gasteiger partial charge in [0.05, 0.1) is 25.0 Å². The summed E-state index contributed by atoms with van der Waals surface area (Å²) in [6, 6.07) is 17.9. The molecule has 35 heavy (non-hydrogen) atoms. The molecule has 1 N–H and O–H groups in total. The Hall–Kier alpha value is -3.33. The Kier molecular flexibility index (Phi) is 9.72. The fourth-order valence-electron chi connectivity index (χ4n) is 3.65. The molecule has 9 heteroatoms. The third kappa shape index (κ3) is 7.32. The molecule has 0 aliphatic carbocycles. The number of benzene rings is 2. The van der Waals surface area contributed by atoms with Gasteiger partial charge in [-0.05, 0) is 44.9 Å². The molecule has 3 rings (SSSR count). The van der Waals surface area contributed by atoms with Gasteiger partial charge in [0.25, 0.3) is 0 Å². The van der Waals surface area contributed by atoms with Gasteiger partial charge in [-0.2, -0.15) is 0 Å². The summed E-state index contributed by atoms with van der Waals surface area (Å²) in [6.45, 7) is 6.81. The number of para-hydroxylation sites is 1. The molecule has 0 fully saturated rings. The van der Waals surface area contributed by atoms with Crippen molar-refractivity contribution in [3.63, 3.8) is 0 Å². The number of rotatable bonds is 12. The number of likely N-dealkylation sites (N-methyl/N-ethyl adjacent to an activating group) is 1. The molecule has 2 aromatic carbocycles. The van der Waals surface area contributed by atoms with Gasteiger partial charge in [0, 0.05) is 19.1 Å². The summed E-state index contributed by atoms with van der Waals surface area (Å²) in [5.41, 5.74) is 2.04. The molecule has 0 radical (unpaired) electrons. The second-order valence-corrected chi connectivity index (χ2v) is 9.26. The quantitative estimate of drug-likeness (QED) is 0.386. The minimum absolute atomic E-state index is 0.0299. The number of ether oxygens (including phenoxy) is 1. The molecule has 8 nitrogen and oxygen atoms in total. The lowest BCUT2D eigenvalue weighted by Gasteiger charge is -2.21. The van der Waals surface area contributed by atoms with Crippen molar-refractivity contribution >= 4 is 23.6 Å². The molecule has 0 saturated heterocycles. The molecule has 0 bridgehead atoms. The van der Waals surface area contributed by atoms with E-state index in [0.717, 1.165) is 12.0 Å². The first-order chi connectivity index (χ1) is 16.9. The minimum atomic E-state index is -0.162. The van der Waals surface area contributed by atoms with Gasteiger partial charge < -0.3 is 19.5 Å². The van der Waals surface area contributed by atoms with Crippen LogP contribution in [-0.2, 0) is 22.6 Å². The maximum atomic E-state index is 12.9. The topological polar surface area (TPSA) is 89.3 Å². The molecule has 1 heterocycles.